The van der Waals surface area contributed by atoms with Crippen LogP contribution in [0.15, 0.2) is 22.6 Å². The fourth-order valence-corrected chi connectivity index (χ4v) is 2.42. The van der Waals surface area contributed by atoms with Gasteiger partial charge in [0.1, 0.15) is 5.52 Å². The molecule has 0 aliphatic carbocycles. The van der Waals surface area contributed by atoms with Gasteiger partial charge in [-0.05, 0) is 38.0 Å². The molecule has 1 aliphatic rings. The molecule has 3 rings (SSSR count). The van der Waals surface area contributed by atoms with E-state index in [2.05, 4.69) is 10.3 Å². The number of hydrogen-bond donors (Lipinski definition) is 2. The lowest BCUT2D eigenvalue weighted by molar-refractivity contribution is 0.0229. The average Bonchev–Trinajstić information content (AvgIpc) is 2.79. The van der Waals surface area contributed by atoms with Crippen molar-refractivity contribution in [3.63, 3.8) is 0 Å². The molecule has 1 aromatic carbocycles. The maximum atomic E-state index is 10.9. The van der Waals surface area contributed by atoms with Gasteiger partial charge in [-0.2, -0.15) is 4.98 Å². The largest absolute Gasteiger partial charge is 0.478 e. The lowest BCUT2D eigenvalue weighted by Crippen LogP contribution is -2.32. The number of carboxylic acid groups (broad SMARTS) is 1. The molecule has 1 saturated heterocycles. The zero-order valence-electron chi connectivity index (χ0n) is 11.1. The highest BCUT2D eigenvalue weighted by atomic mass is 16.5. The zero-order chi connectivity index (χ0) is 14.1. The molecule has 1 fully saturated rings. The standard InChI is InChI=1S/C14H16N2O4/c1-8-6-10(4-5-19-8)15-14-16-11-3-2-9(13(17)18)7-12(11)20-14/h2-3,7-8,10H,4-6H2,1H3,(H,15,16)(H,17,18). The van der Waals surface area contributed by atoms with Gasteiger partial charge in [-0.1, -0.05) is 0 Å². The second-order valence-corrected chi connectivity index (χ2v) is 5.05. The highest BCUT2D eigenvalue weighted by Crippen LogP contribution is 2.23. The summed E-state index contributed by atoms with van der Waals surface area (Å²) in [6.45, 7) is 2.77. The van der Waals surface area contributed by atoms with E-state index >= 15 is 0 Å². The van der Waals surface area contributed by atoms with Gasteiger partial charge >= 0.3 is 5.97 Å². The van der Waals surface area contributed by atoms with Crippen molar-refractivity contribution < 1.29 is 19.1 Å². The third-order valence-corrected chi connectivity index (χ3v) is 3.45. The van der Waals surface area contributed by atoms with Gasteiger partial charge in [0.05, 0.1) is 11.7 Å². The van der Waals surface area contributed by atoms with E-state index in [4.69, 9.17) is 14.3 Å². The Morgan fingerprint density at radius 1 is 1.50 bits per heavy atom. The van der Waals surface area contributed by atoms with Crippen molar-refractivity contribution in [2.24, 2.45) is 0 Å². The van der Waals surface area contributed by atoms with Crippen LogP contribution in [0.4, 0.5) is 6.01 Å². The molecule has 0 bridgehead atoms. The fraction of sp³-hybridized carbons (Fsp3) is 0.429. The number of nitrogens with zero attached hydrogens (tertiary/aromatic N) is 1. The summed E-state index contributed by atoms with van der Waals surface area (Å²) in [5.74, 6) is -0.976. The van der Waals surface area contributed by atoms with Gasteiger partial charge in [0, 0.05) is 12.6 Å². The van der Waals surface area contributed by atoms with E-state index in [9.17, 15) is 4.79 Å². The van der Waals surface area contributed by atoms with Crippen LogP contribution in [0.1, 0.15) is 30.1 Å². The van der Waals surface area contributed by atoms with E-state index in [1.165, 1.54) is 12.1 Å². The van der Waals surface area contributed by atoms with E-state index < -0.39 is 5.97 Å². The number of nitrogens with one attached hydrogen (secondary N) is 1. The second-order valence-electron chi connectivity index (χ2n) is 5.05. The molecule has 1 aromatic heterocycles. The predicted molar refractivity (Wildman–Crippen MR) is 73.0 cm³/mol. The van der Waals surface area contributed by atoms with Crippen molar-refractivity contribution in [2.45, 2.75) is 31.9 Å². The maximum absolute atomic E-state index is 10.9. The number of aromatic carboxylic acids is 1. The van der Waals surface area contributed by atoms with Crippen molar-refractivity contribution in [1.82, 2.24) is 4.98 Å². The van der Waals surface area contributed by atoms with Gasteiger partial charge in [-0.3, -0.25) is 0 Å². The van der Waals surface area contributed by atoms with E-state index in [0.29, 0.717) is 17.1 Å². The predicted octanol–water partition coefficient (Wildman–Crippen LogP) is 2.51. The smallest absolute Gasteiger partial charge is 0.335 e. The summed E-state index contributed by atoms with van der Waals surface area (Å²) >= 11 is 0. The number of rotatable bonds is 3. The molecule has 6 nitrogen and oxygen atoms in total. The number of anilines is 1. The summed E-state index contributed by atoms with van der Waals surface area (Å²) in [5, 5.41) is 12.2. The lowest BCUT2D eigenvalue weighted by Gasteiger charge is -2.27. The molecule has 106 valence electrons. The van der Waals surface area contributed by atoms with Crippen LogP contribution in [0.5, 0.6) is 0 Å². The van der Waals surface area contributed by atoms with E-state index in [1.54, 1.807) is 6.07 Å². The molecule has 20 heavy (non-hydrogen) atoms. The first-order valence-electron chi connectivity index (χ1n) is 6.64. The minimum absolute atomic E-state index is 0.194. The molecule has 6 heteroatoms. The molecule has 1 aliphatic heterocycles. The Morgan fingerprint density at radius 3 is 3.10 bits per heavy atom. The summed E-state index contributed by atoms with van der Waals surface area (Å²) in [7, 11) is 0. The quantitative estimate of drug-likeness (QED) is 0.896. The fourth-order valence-electron chi connectivity index (χ4n) is 2.42. The molecule has 0 amide bonds. The molecule has 0 spiro atoms. The SMILES string of the molecule is CC1CC(Nc2nc3ccc(C(=O)O)cc3o2)CCO1. The van der Waals surface area contributed by atoms with E-state index in [0.717, 1.165) is 19.4 Å². The monoisotopic (exact) mass is 276 g/mol. The number of carboxylic acids is 1. The summed E-state index contributed by atoms with van der Waals surface area (Å²) in [5.41, 5.74) is 1.32. The van der Waals surface area contributed by atoms with Crippen molar-refractivity contribution >= 4 is 23.1 Å². The summed E-state index contributed by atoms with van der Waals surface area (Å²) in [6.07, 6.45) is 2.03. The molecule has 2 unspecified atom stereocenters. The van der Waals surface area contributed by atoms with Crippen molar-refractivity contribution in [3.8, 4) is 0 Å². The van der Waals surface area contributed by atoms with Crippen LogP contribution < -0.4 is 5.32 Å². The molecule has 2 heterocycles. The van der Waals surface area contributed by atoms with Crippen LogP contribution in [0.2, 0.25) is 0 Å². The normalized spacial score (nSPS) is 22.9. The third-order valence-electron chi connectivity index (χ3n) is 3.45. The maximum Gasteiger partial charge on any atom is 0.335 e. The van der Waals surface area contributed by atoms with Crippen LogP contribution in [0, 0.1) is 0 Å². The number of aromatic nitrogens is 1. The summed E-state index contributed by atoms with van der Waals surface area (Å²) < 4.78 is 11.1. The Hall–Kier alpha value is -2.08. The first-order valence-corrected chi connectivity index (χ1v) is 6.64. The Bertz CT molecular complexity index is 637. The van der Waals surface area contributed by atoms with Gasteiger partial charge in [0.2, 0.25) is 0 Å². The number of benzene rings is 1. The first kappa shape index (κ1) is 12.9. The van der Waals surface area contributed by atoms with Gasteiger partial charge in [-0.15, -0.1) is 0 Å². The molecular formula is C14H16N2O4. The van der Waals surface area contributed by atoms with E-state index in [-0.39, 0.29) is 17.7 Å². The highest BCUT2D eigenvalue weighted by molar-refractivity contribution is 5.92. The molecule has 2 aromatic rings. The number of ether oxygens (including phenoxy) is 1. The Kier molecular flexibility index (Phi) is 3.31. The van der Waals surface area contributed by atoms with Crippen molar-refractivity contribution in [2.75, 3.05) is 11.9 Å². The van der Waals surface area contributed by atoms with Gasteiger partial charge in [0.25, 0.3) is 6.01 Å². The molecule has 2 atom stereocenters. The zero-order valence-corrected chi connectivity index (χ0v) is 11.1. The van der Waals surface area contributed by atoms with Crippen LogP contribution in [0.3, 0.4) is 0 Å². The van der Waals surface area contributed by atoms with Crippen LogP contribution in [0.25, 0.3) is 11.1 Å². The first-order chi connectivity index (χ1) is 9.61. The Morgan fingerprint density at radius 2 is 2.35 bits per heavy atom. The van der Waals surface area contributed by atoms with Crippen LogP contribution >= 0.6 is 0 Å². The van der Waals surface area contributed by atoms with Gasteiger partial charge < -0.3 is 19.6 Å². The molecule has 0 radical (unpaired) electrons. The number of carbonyl (C=O) groups is 1. The van der Waals surface area contributed by atoms with Crippen molar-refractivity contribution in [3.05, 3.63) is 23.8 Å². The van der Waals surface area contributed by atoms with Crippen LogP contribution in [-0.2, 0) is 4.74 Å². The topological polar surface area (TPSA) is 84.6 Å². The average molecular weight is 276 g/mol. The lowest BCUT2D eigenvalue weighted by atomic mass is 10.1. The second kappa shape index (κ2) is 5.13. The third kappa shape index (κ3) is 2.60. The molecule has 0 saturated carbocycles. The number of fused-ring (bicyclic) bond motifs is 1. The van der Waals surface area contributed by atoms with E-state index in [1.807, 2.05) is 6.92 Å². The minimum Gasteiger partial charge on any atom is -0.478 e. The minimum atomic E-state index is -0.976. The highest BCUT2D eigenvalue weighted by Gasteiger charge is 2.21. The Labute approximate surface area is 115 Å². The Balaban J connectivity index is 1.80. The number of oxazole rings is 1. The molecule has 2 N–H and O–H groups in total. The summed E-state index contributed by atoms with van der Waals surface area (Å²) in [6, 6.07) is 5.36. The number of hydrogen-bond acceptors (Lipinski definition) is 5. The van der Waals surface area contributed by atoms with Gasteiger partial charge in [-0.25, -0.2) is 4.79 Å². The van der Waals surface area contributed by atoms with Gasteiger partial charge in [0.15, 0.2) is 5.58 Å². The molecular weight excluding hydrogens is 260 g/mol. The summed E-state index contributed by atoms with van der Waals surface area (Å²) in [4.78, 5) is 15.2. The van der Waals surface area contributed by atoms with Crippen LogP contribution in [-0.4, -0.2) is 34.8 Å². The van der Waals surface area contributed by atoms with Crippen molar-refractivity contribution in [1.29, 1.82) is 0 Å².